The van der Waals surface area contributed by atoms with E-state index in [1.807, 2.05) is 30.3 Å². The molecule has 0 saturated carbocycles. The molecule has 0 aromatic heterocycles. The molecule has 0 aliphatic heterocycles. The van der Waals surface area contributed by atoms with Gasteiger partial charge in [-0.15, -0.1) is 12.4 Å². The molecule has 3 N–H and O–H groups in total. The Morgan fingerprint density at radius 1 is 1.28 bits per heavy atom. The Morgan fingerprint density at radius 2 is 1.94 bits per heavy atom. The lowest BCUT2D eigenvalue weighted by atomic mass is 10.2. The van der Waals surface area contributed by atoms with Crippen LogP contribution in [0.25, 0.3) is 0 Å². The summed E-state index contributed by atoms with van der Waals surface area (Å²) >= 11 is 0. The lowest BCUT2D eigenvalue weighted by Gasteiger charge is -2.04. The summed E-state index contributed by atoms with van der Waals surface area (Å²) in [5.41, 5.74) is 6.30. The van der Waals surface area contributed by atoms with Crippen LogP contribution in [0.3, 0.4) is 0 Å². The molecule has 102 valence electrons. The second-order valence-electron chi connectivity index (χ2n) is 3.66. The van der Waals surface area contributed by atoms with Crippen LogP contribution < -0.4 is 11.1 Å². The van der Waals surface area contributed by atoms with Crippen molar-refractivity contribution in [2.75, 3.05) is 18.8 Å². The molecule has 1 unspecified atom stereocenters. The van der Waals surface area contributed by atoms with Gasteiger partial charge in [0, 0.05) is 41.8 Å². The molecule has 1 amide bonds. The average molecular weight is 291 g/mol. The summed E-state index contributed by atoms with van der Waals surface area (Å²) in [6.07, 6.45) is 0.325. The number of rotatable bonds is 7. The van der Waals surface area contributed by atoms with E-state index in [9.17, 15) is 9.00 Å². The molecule has 0 aliphatic carbocycles. The van der Waals surface area contributed by atoms with Crippen molar-refractivity contribution in [3.05, 3.63) is 35.9 Å². The average Bonchev–Trinajstić information content (AvgIpc) is 2.30. The third-order valence-corrected chi connectivity index (χ3v) is 3.51. The highest BCUT2D eigenvalue weighted by Crippen LogP contribution is 2.02. The van der Waals surface area contributed by atoms with Crippen LogP contribution in [0.15, 0.2) is 30.3 Å². The summed E-state index contributed by atoms with van der Waals surface area (Å²) in [5.74, 6) is 0.933. The van der Waals surface area contributed by atoms with Crippen LogP contribution in [0.5, 0.6) is 0 Å². The fourth-order valence-corrected chi connectivity index (χ4v) is 2.39. The summed E-state index contributed by atoms with van der Waals surface area (Å²) in [6, 6.07) is 9.68. The number of carbonyl (C=O) groups excluding carboxylic acids is 1. The predicted molar refractivity (Wildman–Crippen MR) is 77.1 cm³/mol. The maximum absolute atomic E-state index is 11.7. The number of benzene rings is 1. The van der Waals surface area contributed by atoms with E-state index in [1.54, 1.807) is 0 Å². The van der Waals surface area contributed by atoms with E-state index in [1.165, 1.54) is 0 Å². The quantitative estimate of drug-likeness (QED) is 0.781. The molecule has 18 heavy (non-hydrogen) atoms. The number of halogens is 1. The van der Waals surface area contributed by atoms with Crippen LogP contribution in [0, 0.1) is 0 Å². The minimum absolute atomic E-state index is 0. The first kappa shape index (κ1) is 17.1. The maximum Gasteiger partial charge on any atom is 0.221 e. The fraction of sp³-hybridized carbons (Fsp3) is 0.417. The number of hydrogen-bond donors (Lipinski definition) is 2. The van der Waals surface area contributed by atoms with Gasteiger partial charge in [-0.1, -0.05) is 30.3 Å². The Morgan fingerprint density at radius 3 is 2.56 bits per heavy atom. The van der Waals surface area contributed by atoms with Gasteiger partial charge in [0.15, 0.2) is 0 Å². The van der Waals surface area contributed by atoms with Gasteiger partial charge in [0.25, 0.3) is 0 Å². The van der Waals surface area contributed by atoms with Crippen LogP contribution in [-0.4, -0.2) is 29.0 Å². The molecule has 1 rings (SSSR count). The highest BCUT2D eigenvalue weighted by atomic mass is 35.5. The zero-order valence-electron chi connectivity index (χ0n) is 10.1. The van der Waals surface area contributed by atoms with Gasteiger partial charge in [-0.2, -0.15) is 0 Å². The molecule has 4 nitrogen and oxygen atoms in total. The Labute approximate surface area is 116 Å². The van der Waals surface area contributed by atoms with E-state index in [0.29, 0.717) is 31.0 Å². The lowest BCUT2D eigenvalue weighted by Crippen LogP contribution is -2.29. The van der Waals surface area contributed by atoms with Gasteiger partial charge < -0.3 is 11.1 Å². The normalized spacial score (nSPS) is 11.4. The number of nitrogens with two attached hydrogens (primary N) is 1. The van der Waals surface area contributed by atoms with Crippen LogP contribution in [-0.2, 0) is 21.3 Å². The lowest BCUT2D eigenvalue weighted by molar-refractivity contribution is -0.120. The predicted octanol–water partition coefficient (Wildman–Crippen LogP) is 0.822. The molecule has 1 aromatic rings. The Kier molecular flexibility index (Phi) is 9.55. The standard InChI is InChI=1S/C12H18N2O2S.ClH/c13-7-6-12(15)14-8-9-17(16)10-11-4-2-1-3-5-11;/h1-5H,6-10,13H2,(H,14,15);1H. The first-order chi connectivity index (χ1) is 8.22. The Bertz CT molecular complexity index is 374. The Hall–Kier alpha value is -0.910. The molecule has 6 heteroatoms. The summed E-state index contributed by atoms with van der Waals surface area (Å²) < 4.78 is 11.7. The number of hydrogen-bond acceptors (Lipinski definition) is 3. The summed E-state index contributed by atoms with van der Waals surface area (Å²) in [4.78, 5) is 11.1. The fourth-order valence-electron chi connectivity index (χ4n) is 1.36. The van der Waals surface area contributed by atoms with E-state index in [-0.39, 0.29) is 18.3 Å². The van der Waals surface area contributed by atoms with Crippen molar-refractivity contribution in [3.63, 3.8) is 0 Å². The largest absolute Gasteiger partial charge is 0.355 e. The van der Waals surface area contributed by atoms with Crippen LogP contribution in [0.2, 0.25) is 0 Å². The highest BCUT2D eigenvalue weighted by molar-refractivity contribution is 7.84. The number of amides is 1. The second kappa shape index (κ2) is 10.1. The van der Waals surface area contributed by atoms with Gasteiger partial charge in [-0.3, -0.25) is 9.00 Å². The second-order valence-corrected chi connectivity index (χ2v) is 5.24. The third-order valence-electron chi connectivity index (χ3n) is 2.19. The zero-order chi connectivity index (χ0) is 12.5. The molecule has 0 aliphatic rings. The SMILES string of the molecule is Cl.NCCC(=O)NCCS(=O)Cc1ccccc1. The van der Waals surface area contributed by atoms with E-state index in [4.69, 9.17) is 5.73 Å². The maximum atomic E-state index is 11.7. The molecule has 0 heterocycles. The topological polar surface area (TPSA) is 72.2 Å². The van der Waals surface area contributed by atoms with Crippen molar-refractivity contribution in [1.82, 2.24) is 5.32 Å². The molecule has 1 atom stereocenters. The van der Waals surface area contributed by atoms with Crippen LogP contribution in [0.1, 0.15) is 12.0 Å². The smallest absolute Gasteiger partial charge is 0.221 e. The number of nitrogens with one attached hydrogen (secondary N) is 1. The van der Waals surface area contributed by atoms with Crippen molar-refractivity contribution >= 4 is 29.1 Å². The van der Waals surface area contributed by atoms with E-state index in [2.05, 4.69) is 5.32 Å². The van der Waals surface area contributed by atoms with Gasteiger partial charge in [0.2, 0.25) is 5.91 Å². The van der Waals surface area contributed by atoms with Crippen LogP contribution >= 0.6 is 12.4 Å². The van der Waals surface area contributed by atoms with E-state index >= 15 is 0 Å². The third kappa shape index (κ3) is 7.42. The Balaban J connectivity index is 0.00000289. The molecule has 0 saturated heterocycles. The minimum atomic E-state index is -0.937. The van der Waals surface area contributed by atoms with Gasteiger partial charge in [0.1, 0.15) is 0 Å². The molecule has 0 spiro atoms. The van der Waals surface area contributed by atoms with Crippen molar-refractivity contribution in [2.45, 2.75) is 12.2 Å². The van der Waals surface area contributed by atoms with Crippen molar-refractivity contribution in [3.8, 4) is 0 Å². The molecule has 1 aromatic carbocycles. The monoisotopic (exact) mass is 290 g/mol. The molecule has 0 radical (unpaired) electrons. The molecular formula is C12H19ClN2O2S. The summed E-state index contributed by atoms with van der Waals surface area (Å²) in [6.45, 7) is 0.789. The molecular weight excluding hydrogens is 272 g/mol. The summed E-state index contributed by atoms with van der Waals surface area (Å²) in [7, 11) is -0.937. The first-order valence-corrected chi connectivity index (χ1v) is 7.07. The van der Waals surface area contributed by atoms with Crippen LogP contribution in [0.4, 0.5) is 0 Å². The molecule has 0 fully saturated rings. The zero-order valence-corrected chi connectivity index (χ0v) is 11.8. The van der Waals surface area contributed by atoms with Crippen molar-refractivity contribution < 1.29 is 9.00 Å². The van der Waals surface area contributed by atoms with E-state index in [0.717, 1.165) is 5.56 Å². The minimum Gasteiger partial charge on any atom is -0.355 e. The number of carbonyl (C=O) groups is 1. The first-order valence-electron chi connectivity index (χ1n) is 5.58. The van der Waals surface area contributed by atoms with Crippen molar-refractivity contribution in [1.29, 1.82) is 0 Å². The van der Waals surface area contributed by atoms with Gasteiger partial charge >= 0.3 is 0 Å². The molecule has 0 bridgehead atoms. The van der Waals surface area contributed by atoms with Gasteiger partial charge in [-0.05, 0) is 5.56 Å². The highest BCUT2D eigenvalue weighted by Gasteiger charge is 2.03. The summed E-state index contributed by atoms with van der Waals surface area (Å²) in [5, 5.41) is 2.69. The van der Waals surface area contributed by atoms with Gasteiger partial charge in [0.05, 0.1) is 0 Å². The van der Waals surface area contributed by atoms with Gasteiger partial charge in [-0.25, -0.2) is 0 Å². The van der Waals surface area contributed by atoms with Crippen molar-refractivity contribution in [2.24, 2.45) is 5.73 Å². The van der Waals surface area contributed by atoms with E-state index < -0.39 is 10.8 Å².